The molecule has 4 nitrogen and oxygen atoms in total. The van der Waals surface area contributed by atoms with Gasteiger partial charge in [0.1, 0.15) is 0 Å². The molecular weight excluding hydrogens is 202 g/mol. The monoisotopic (exact) mass is 221 g/mol. The molecule has 2 rings (SSSR count). The van der Waals surface area contributed by atoms with E-state index >= 15 is 0 Å². The van der Waals surface area contributed by atoms with Gasteiger partial charge in [-0.05, 0) is 30.7 Å². The number of nitrogens with one attached hydrogen (secondary N) is 2. The van der Waals surface area contributed by atoms with E-state index in [0.717, 1.165) is 18.5 Å². The van der Waals surface area contributed by atoms with E-state index in [0.29, 0.717) is 17.9 Å². The van der Waals surface area contributed by atoms with E-state index < -0.39 is 0 Å². The maximum Gasteiger partial charge on any atom is 0.226 e. The predicted octanol–water partition coefficient (Wildman–Crippen LogP) is 1.65. The van der Waals surface area contributed by atoms with Crippen LogP contribution >= 0.6 is 0 Å². The summed E-state index contributed by atoms with van der Waals surface area (Å²) in [6.45, 7) is 4.52. The Bertz CT molecular complexity index is 356. The number of hydrogen-bond donors (Lipinski definition) is 2. The van der Waals surface area contributed by atoms with E-state index in [-0.39, 0.29) is 5.91 Å². The van der Waals surface area contributed by atoms with Crippen LogP contribution in [-0.2, 0) is 11.2 Å². The first kappa shape index (κ1) is 11.2. The second kappa shape index (κ2) is 4.28. The van der Waals surface area contributed by atoms with Crippen molar-refractivity contribution in [3.05, 3.63) is 18.0 Å². The molecule has 1 atom stereocenters. The van der Waals surface area contributed by atoms with E-state index in [4.69, 9.17) is 0 Å². The first-order valence-corrected chi connectivity index (χ1v) is 5.83. The van der Waals surface area contributed by atoms with Crippen molar-refractivity contribution in [2.45, 2.75) is 45.6 Å². The Labute approximate surface area is 95.8 Å². The summed E-state index contributed by atoms with van der Waals surface area (Å²) in [5, 5.41) is 9.71. The Morgan fingerprint density at radius 1 is 1.69 bits per heavy atom. The Hall–Kier alpha value is -1.32. The van der Waals surface area contributed by atoms with Crippen molar-refractivity contribution in [2.24, 2.45) is 5.41 Å². The van der Waals surface area contributed by atoms with Crippen LogP contribution in [0.15, 0.2) is 12.3 Å². The maximum absolute atomic E-state index is 11.7. The van der Waals surface area contributed by atoms with Crippen molar-refractivity contribution in [3.8, 4) is 0 Å². The highest BCUT2D eigenvalue weighted by Gasteiger charge is 2.31. The zero-order valence-electron chi connectivity index (χ0n) is 9.92. The van der Waals surface area contributed by atoms with Crippen molar-refractivity contribution in [2.75, 3.05) is 0 Å². The lowest BCUT2D eigenvalue weighted by atomic mass is 9.92. The van der Waals surface area contributed by atoms with Crippen LogP contribution in [0.3, 0.4) is 0 Å². The fourth-order valence-corrected chi connectivity index (χ4v) is 2.39. The average molecular weight is 221 g/mol. The van der Waals surface area contributed by atoms with Gasteiger partial charge in [0.15, 0.2) is 0 Å². The van der Waals surface area contributed by atoms with Gasteiger partial charge in [0, 0.05) is 17.9 Å². The third kappa shape index (κ3) is 2.84. The minimum absolute atomic E-state index is 0.0898. The van der Waals surface area contributed by atoms with Gasteiger partial charge in [0.05, 0.1) is 6.42 Å². The van der Waals surface area contributed by atoms with Crippen molar-refractivity contribution in [1.82, 2.24) is 15.5 Å². The lowest BCUT2D eigenvalue weighted by Gasteiger charge is -2.17. The van der Waals surface area contributed by atoms with Crippen LogP contribution in [0.2, 0.25) is 0 Å². The predicted molar refractivity (Wildman–Crippen MR) is 61.9 cm³/mol. The molecule has 1 unspecified atom stereocenters. The molecule has 1 saturated carbocycles. The third-order valence-electron chi connectivity index (χ3n) is 3.24. The van der Waals surface area contributed by atoms with E-state index in [1.807, 2.05) is 6.07 Å². The Morgan fingerprint density at radius 3 is 3.06 bits per heavy atom. The van der Waals surface area contributed by atoms with Gasteiger partial charge >= 0.3 is 0 Å². The summed E-state index contributed by atoms with van der Waals surface area (Å²) in [7, 11) is 0. The topological polar surface area (TPSA) is 57.8 Å². The molecule has 16 heavy (non-hydrogen) atoms. The van der Waals surface area contributed by atoms with Crippen LogP contribution < -0.4 is 5.32 Å². The van der Waals surface area contributed by atoms with Crippen LogP contribution in [0.1, 0.15) is 38.8 Å². The van der Waals surface area contributed by atoms with Gasteiger partial charge in [-0.2, -0.15) is 5.10 Å². The summed E-state index contributed by atoms with van der Waals surface area (Å²) in [6.07, 6.45) is 5.45. The molecule has 0 bridgehead atoms. The number of H-pyrrole nitrogens is 1. The molecule has 0 aliphatic heterocycles. The minimum atomic E-state index is 0.0898. The van der Waals surface area contributed by atoms with Gasteiger partial charge < -0.3 is 5.32 Å². The highest BCUT2D eigenvalue weighted by molar-refractivity contribution is 5.78. The largest absolute Gasteiger partial charge is 0.353 e. The number of amides is 1. The normalized spacial score (nSPS) is 23.2. The molecule has 4 heteroatoms. The summed E-state index contributed by atoms with van der Waals surface area (Å²) in [6, 6.07) is 2.18. The second-order valence-corrected chi connectivity index (χ2v) is 5.43. The van der Waals surface area contributed by atoms with Crippen LogP contribution in [0.5, 0.6) is 0 Å². The summed E-state index contributed by atoms with van der Waals surface area (Å²) in [4.78, 5) is 11.7. The summed E-state index contributed by atoms with van der Waals surface area (Å²) >= 11 is 0. The second-order valence-electron chi connectivity index (χ2n) is 5.43. The highest BCUT2D eigenvalue weighted by atomic mass is 16.1. The fourth-order valence-electron chi connectivity index (χ4n) is 2.39. The molecule has 2 N–H and O–H groups in total. The first-order chi connectivity index (χ1) is 7.55. The molecule has 1 aliphatic rings. The molecule has 1 aliphatic carbocycles. The van der Waals surface area contributed by atoms with Gasteiger partial charge in [-0.1, -0.05) is 13.8 Å². The van der Waals surface area contributed by atoms with Crippen LogP contribution in [-0.4, -0.2) is 22.1 Å². The standard InChI is InChI=1S/C12H19N3O/c1-12(2)5-3-10(8-12)14-11(16)7-9-4-6-13-15-9/h4,6,10H,3,5,7-8H2,1-2H3,(H,13,15)(H,14,16). The van der Waals surface area contributed by atoms with Crippen LogP contribution in [0.25, 0.3) is 0 Å². The number of rotatable bonds is 3. The minimum Gasteiger partial charge on any atom is -0.353 e. The van der Waals surface area contributed by atoms with Gasteiger partial charge in [0.25, 0.3) is 0 Å². The summed E-state index contributed by atoms with van der Waals surface area (Å²) in [5.41, 5.74) is 1.25. The Balaban J connectivity index is 1.80. The van der Waals surface area contributed by atoms with E-state index in [9.17, 15) is 4.79 Å². The zero-order chi connectivity index (χ0) is 11.6. The zero-order valence-corrected chi connectivity index (χ0v) is 9.92. The lowest BCUT2D eigenvalue weighted by molar-refractivity contribution is -0.121. The molecule has 0 aromatic carbocycles. The number of aromatic nitrogens is 2. The smallest absolute Gasteiger partial charge is 0.226 e. The summed E-state index contributed by atoms with van der Waals surface area (Å²) in [5.74, 6) is 0.0898. The van der Waals surface area contributed by atoms with Crippen molar-refractivity contribution in [1.29, 1.82) is 0 Å². The van der Waals surface area contributed by atoms with Crippen molar-refractivity contribution < 1.29 is 4.79 Å². The van der Waals surface area contributed by atoms with E-state index in [1.54, 1.807) is 6.20 Å². The highest BCUT2D eigenvalue weighted by Crippen LogP contribution is 2.36. The van der Waals surface area contributed by atoms with E-state index in [2.05, 4.69) is 29.4 Å². The van der Waals surface area contributed by atoms with Crippen LogP contribution in [0.4, 0.5) is 0 Å². The van der Waals surface area contributed by atoms with E-state index in [1.165, 1.54) is 6.42 Å². The average Bonchev–Trinajstić information content (AvgIpc) is 2.76. The van der Waals surface area contributed by atoms with Crippen molar-refractivity contribution >= 4 is 5.91 Å². The molecule has 88 valence electrons. The molecule has 0 saturated heterocycles. The molecule has 1 heterocycles. The first-order valence-electron chi connectivity index (χ1n) is 5.83. The Kier molecular flexibility index (Phi) is 2.99. The molecule has 1 aromatic heterocycles. The van der Waals surface area contributed by atoms with Crippen molar-refractivity contribution in [3.63, 3.8) is 0 Å². The number of aromatic amines is 1. The van der Waals surface area contributed by atoms with Gasteiger partial charge in [0.2, 0.25) is 5.91 Å². The Morgan fingerprint density at radius 2 is 2.50 bits per heavy atom. The number of carbonyl (C=O) groups excluding carboxylic acids is 1. The summed E-state index contributed by atoms with van der Waals surface area (Å²) < 4.78 is 0. The van der Waals surface area contributed by atoms with Crippen LogP contribution in [0, 0.1) is 5.41 Å². The molecule has 1 fully saturated rings. The van der Waals surface area contributed by atoms with Gasteiger partial charge in [-0.3, -0.25) is 9.89 Å². The number of hydrogen-bond acceptors (Lipinski definition) is 2. The molecule has 1 amide bonds. The number of carbonyl (C=O) groups is 1. The third-order valence-corrected chi connectivity index (χ3v) is 3.24. The lowest BCUT2D eigenvalue weighted by Crippen LogP contribution is -2.34. The van der Waals surface area contributed by atoms with Gasteiger partial charge in [-0.15, -0.1) is 0 Å². The molecule has 0 spiro atoms. The SMILES string of the molecule is CC1(C)CCC(NC(=O)Cc2ccn[nH]2)C1. The van der Waals surface area contributed by atoms with Gasteiger partial charge in [-0.25, -0.2) is 0 Å². The maximum atomic E-state index is 11.7. The molecule has 0 radical (unpaired) electrons. The molecular formula is C12H19N3O. The quantitative estimate of drug-likeness (QED) is 0.815. The molecule has 1 aromatic rings. The fraction of sp³-hybridized carbons (Fsp3) is 0.667. The number of nitrogens with zero attached hydrogens (tertiary/aromatic N) is 1.